The second-order valence-electron chi connectivity index (χ2n) is 6.04. The van der Waals surface area contributed by atoms with Crippen LogP contribution in [0.5, 0.6) is 5.75 Å². The Labute approximate surface area is 129 Å². The Morgan fingerprint density at radius 3 is 3.00 bits per heavy atom. The maximum Gasteiger partial charge on any atom is 0.260 e. The van der Waals surface area contributed by atoms with Gasteiger partial charge in [0.1, 0.15) is 0 Å². The van der Waals surface area contributed by atoms with Crippen LogP contribution in [-0.2, 0) is 4.79 Å². The molecule has 6 heteroatoms. The first-order chi connectivity index (χ1) is 10.7. The van der Waals surface area contributed by atoms with Gasteiger partial charge in [-0.2, -0.15) is 0 Å². The van der Waals surface area contributed by atoms with E-state index in [2.05, 4.69) is 17.8 Å². The summed E-state index contributed by atoms with van der Waals surface area (Å²) in [5, 5.41) is 0. The summed E-state index contributed by atoms with van der Waals surface area (Å²) < 4.78 is 18.9. The largest absolute Gasteiger partial charge is 0.481 e. The van der Waals surface area contributed by atoms with Crippen molar-refractivity contribution in [2.24, 2.45) is 5.92 Å². The fraction of sp³-hybridized carbons (Fsp3) is 0.562. The summed E-state index contributed by atoms with van der Waals surface area (Å²) in [5.74, 6) is 0.0849. The molecule has 2 fully saturated rings. The summed E-state index contributed by atoms with van der Waals surface area (Å²) in [6.45, 7) is 3.71. The second-order valence-corrected chi connectivity index (χ2v) is 6.04. The topological polar surface area (TPSA) is 53.6 Å². The highest BCUT2D eigenvalue weighted by molar-refractivity contribution is 5.78. The number of amides is 1. The normalized spacial score (nSPS) is 28.1. The SMILES string of the molecule is CC1CNNC1C1CCCN1C(=O)COc1ccccc1F. The van der Waals surface area contributed by atoms with E-state index in [-0.39, 0.29) is 30.3 Å². The van der Waals surface area contributed by atoms with Crippen LogP contribution >= 0.6 is 0 Å². The van der Waals surface area contributed by atoms with Gasteiger partial charge in [-0.3, -0.25) is 15.6 Å². The van der Waals surface area contributed by atoms with Gasteiger partial charge in [0.05, 0.1) is 0 Å². The van der Waals surface area contributed by atoms with E-state index in [0.717, 1.165) is 25.9 Å². The van der Waals surface area contributed by atoms with Crippen LogP contribution in [0.4, 0.5) is 4.39 Å². The summed E-state index contributed by atoms with van der Waals surface area (Å²) in [6, 6.07) is 6.60. The molecule has 1 aromatic carbocycles. The number of benzene rings is 1. The highest BCUT2D eigenvalue weighted by Gasteiger charge is 2.39. The number of nitrogens with one attached hydrogen (secondary N) is 2. The molecule has 22 heavy (non-hydrogen) atoms. The van der Waals surface area contributed by atoms with Crippen LogP contribution in [0.15, 0.2) is 24.3 Å². The number of para-hydroxylation sites is 1. The Morgan fingerprint density at radius 1 is 1.45 bits per heavy atom. The zero-order valence-corrected chi connectivity index (χ0v) is 12.7. The van der Waals surface area contributed by atoms with Gasteiger partial charge in [-0.1, -0.05) is 19.1 Å². The van der Waals surface area contributed by atoms with E-state index < -0.39 is 5.82 Å². The van der Waals surface area contributed by atoms with Crippen LogP contribution in [0, 0.1) is 11.7 Å². The summed E-state index contributed by atoms with van der Waals surface area (Å²) in [5.41, 5.74) is 6.43. The molecule has 3 atom stereocenters. The maximum absolute atomic E-state index is 13.5. The van der Waals surface area contributed by atoms with Gasteiger partial charge in [0.15, 0.2) is 18.2 Å². The lowest BCUT2D eigenvalue weighted by molar-refractivity contribution is -0.134. The van der Waals surface area contributed by atoms with Crippen molar-refractivity contribution in [2.45, 2.75) is 31.8 Å². The van der Waals surface area contributed by atoms with Crippen molar-refractivity contribution in [1.29, 1.82) is 0 Å². The number of carbonyl (C=O) groups is 1. The zero-order chi connectivity index (χ0) is 15.5. The van der Waals surface area contributed by atoms with E-state index in [1.165, 1.54) is 12.1 Å². The van der Waals surface area contributed by atoms with Gasteiger partial charge in [0.25, 0.3) is 5.91 Å². The van der Waals surface area contributed by atoms with Gasteiger partial charge >= 0.3 is 0 Å². The molecule has 1 aromatic rings. The molecule has 0 radical (unpaired) electrons. The molecule has 3 unspecified atom stereocenters. The van der Waals surface area contributed by atoms with Crippen molar-refractivity contribution in [1.82, 2.24) is 15.8 Å². The molecular weight excluding hydrogens is 285 g/mol. The maximum atomic E-state index is 13.5. The first kappa shape index (κ1) is 15.2. The third kappa shape index (κ3) is 3.08. The smallest absolute Gasteiger partial charge is 0.260 e. The van der Waals surface area contributed by atoms with E-state index in [9.17, 15) is 9.18 Å². The molecule has 2 heterocycles. The van der Waals surface area contributed by atoms with Crippen molar-refractivity contribution in [3.63, 3.8) is 0 Å². The first-order valence-corrected chi connectivity index (χ1v) is 7.82. The second kappa shape index (κ2) is 6.62. The van der Waals surface area contributed by atoms with Gasteiger partial charge in [-0.15, -0.1) is 0 Å². The van der Waals surface area contributed by atoms with E-state index in [1.54, 1.807) is 12.1 Å². The van der Waals surface area contributed by atoms with Crippen molar-refractivity contribution in [3.05, 3.63) is 30.1 Å². The van der Waals surface area contributed by atoms with E-state index in [4.69, 9.17) is 4.74 Å². The minimum absolute atomic E-state index is 0.0772. The van der Waals surface area contributed by atoms with Crippen LogP contribution in [-0.4, -0.2) is 42.6 Å². The predicted molar refractivity (Wildman–Crippen MR) is 80.7 cm³/mol. The third-order valence-electron chi connectivity index (χ3n) is 4.53. The zero-order valence-electron chi connectivity index (χ0n) is 12.7. The van der Waals surface area contributed by atoms with Crippen molar-refractivity contribution < 1.29 is 13.9 Å². The van der Waals surface area contributed by atoms with Gasteiger partial charge in [0.2, 0.25) is 0 Å². The number of nitrogens with zero attached hydrogens (tertiary/aromatic N) is 1. The molecule has 0 saturated carbocycles. The fourth-order valence-corrected chi connectivity index (χ4v) is 3.34. The van der Waals surface area contributed by atoms with E-state index in [1.807, 2.05) is 4.90 Å². The Balaban J connectivity index is 1.60. The quantitative estimate of drug-likeness (QED) is 0.880. The third-order valence-corrected chi connectivity index (χ3v) is 4.53. The Morgan fingerprint density at radius 2 is 2.27 bits per heavy atom. The van der Waals surface area contributed by atoms with Crippen molar-refractivity contribution in [2.75, 3.05) is 19.7 Å². The predicted octanol–water partition coefficient (Wildman–Crippen LogP) is 1.31. The lowest BCUT2D eigenvalue weighted by Gasteiger charge is -2.31. The number of rotatable bonds is 4. The molecule has 5 nitrogen and oxygen atoms in total. The van der Waals surface area contributed by atoms with Gasteiger partial charge < -0.3 is 9.64 Å². The Kier molecular flexibility index (Phi) is 4.59. The molecule has 0 aromatic heterocycles. The summed E-state index contributed by atoms with van der Waals surface area (Å²) in [7, 11) is 0. The number of likely N-dealkylation sites (tertiary alicyclic amines) is 1. The molecule has 0 bridgehead atoms. The molecule has 2 aliphatic heterocycles. The lowest BCUT2D eigenvalue weighted by Crippen LogP contribution is -2.51. The molecule has 1 amide bonds. The number of halogens is 1. The van der Waals surface area contributed by atoms with Gasteiger partial charge in [-0.05, 0) is 30.9 Å². The average Bonchev–Trinajstić information content (AvgIpc) is 3.14. The highest BCUT2D eigenvalue weighted by Crippen LogP contribution is 2.26. The number of carbonyl (C=O) groups excluding carboxylic acids is 1. The number of hydrazine groups is 1. The van der Waals surface area contributed by atoms with Crippen LogP contribution in [0.2, 0.25) is 0 Å². The molecule has 2 saturated heterocycles. The molecule has 0 aliphatic carbocycles. The summed E-state index contributed by atoms with van der Waals surface area (Å²) >= 11 is 0. The average molecular weight is 307 g/mol. The molecule has 3 rings (SSSR count). The van der Waals surface area contributed by atoms with Crippen molar-refractivity contribution >= 4 is 5.91 Å². The summed E-state index contributed by atoms with van der Waals surface area (Å²) in [4.78, 5) is 14.3. The monoisotopic (exact) mass is 307 g/mol. The van der Waals surface area contributed by atoms with E-state index >= 15 is 0 Å². The van der Waals surface area contributed by atoms with Crippen molar-refractivity contribution in [3.8, 4) is 5.75 Å². The Hall–Kier alpha value is -1.66. The minimum atomic E-state index is -0.441. The van der Waals surface area contributed by atoms with Gasteiger partial charge in [0, 0.05) is 25.2 Å². The lowest BCUT2D eigenvalue weighted by atomic mass is 9.95. The van der Waals surface area contributed by atoms with E-state index in [0.29, 0.717) is 5.92 Å². The van der Waals surface area contributed by atoms with Crippen LogP contribution < -0.4 is 15.6 Å². The number of hydrogen-bond acceptors (Lipinski definition) is 4. The molecule has 0 spiro atoms. The molecule has 2 N–H and O–H groups in total. The Bertz CT molecular complexity index is 540. The molecule has 2 aliphatic rings. The number of ether oxygens (including phenoxy) is 1. The standard InChI is InChI=1S/C16H22FN3O2/c1-11-9-18-19-16(11)13-6-4-8-20(13)15(21)10-22-14-7-3-2-5-12(14)17/h2-3,5,7,11,13,16,18-19H,4,6,8-10H2,1H3. The van der Waals surface area contributed by atoms with Gasteiger partial charge in [-0.25, -0.2) is 4.39 Å². The molecule has 120 valence electrons. The molecular formula is C16H22FN3O2. The number of hydrogen-bond donors (Lipinski definition) is 2. The van der Waals surface area contributed by atoms with Crippen LogP contribution in [0.25, 0.3) is 0 Å². The fourth-order valence-electron chi connectivity index (χ4n) is 3.34. The highest BCUT2D eigenvalue weighted by atomic mass is 19.1. The minimum Gasteiger partial charge on any atom is -0.481 e. The van der Waals surface area contributed by atoms with Crippen LogP contribution in [0.1, 0.15) is 19.8 Å². The summed E-state index contributed by atoms with van der Waals surface area (Å²) in [6.07, 6.45) is 2.00. The first-order valence-electron chi connectivity index (χ1n) is 7.82. The van der Waals surface area contributed by atoms with Crippen LogP contribution in [0.3, 0.4) is 0 Å².